The average Bonchev–Trinajstić information content (AvgIpc) is 3.47. The molecule has 6 rings (SSSR count). The van der Waals surface area contributed by atoms with Gasteiger partial charge in [0, 0.05) is 17.5 Å². The summed E-state index contributed by atoms with van der Waals surface area (Å²) in [6.07, 6.45) is 6.95. The summed E-state index contributed by atoms with van der Waals surface area (Å²) >= 11 is 0. The fourth-order valence-corrected chi connectivity index (χ4v) is 6.15. The zero-order valence-corrected chi connectivity index (χ0v) is 25.5. The molecule has 44 heavy (non-hydrogen) atoms. The van der Waals surface area contributed by atoms with Crippen molar-refractivity contribution in [1.82, 2.24) is 19.7 Å². The molecule has 1 N–H and O–H groups in total. The molecular weight excluding hydrogens is 552 g/mol. The molecule has 1 fully saturated rings. The lowest BCUT2D eigenvalue weighted by Crippen LogP contribution is -2.28. The van der Waals surface area contributed by atoms with Gasteiger partial charge in [0.05, 0.1) is 17.5 Å². The minimum absolute atomic E-state index is 0.0414. The minimum atomic E-state index is -0.594. The normalized spacial score (nSPS) is 16.6. The number of aryl methyl sites for hydroxylation is 2. The number of nitrogens with one attached hydrogen (secondary N) is 1. The van der Waals surface area contributed by atoms with E-state index in [2.05, 4.69) is 24.0 Å². The number of aromatic amines is 1. The van der Waals surface area contributed by atoms with E-state index in [9.17, 15) is 9.59 Å². The Bertz CT molecular complexity index is 1840. The van der Waals surface area contributed by atoms with Gasteiger partial charge in [0.2, 0.25) is 0 Å². The van der Waals surface area contributed by atoms with Crippen LogP contribution in [0.25, 0.3) is 28.2 Å². The van der Waals surface area contributed by atoms with Crippen LogP contribution in [0.2, 0.25) is 0 Å². The van der Waals surface area contributed by atoms with Crippen LogP contribution in [0.1, 0.15) is 68.6 Å². The molecule has 1 aliphatic carbocycles. The van der Waals surface area contributed by atoms with Crippen molar-refractivity contribution in [3.8, 4) is 34.0 Å². The highest BCUT2D eigenvalue weighted by molar-refractivity contribution is 5.80. The molecule has 2 heterocycles. The Balaban J connectivity index is 1.27. The summed E-state index contributed by atoms with van der Waals surface area (Å²) in [7, 11) is 0. The second-order valence-electron chi connectivity index (χ2n) is 11.8. The van der Waals surface area contributed by atoms with E-state index in [1.54, 1.807) is 4.57 Å². The Morgan fingerprint density at radius 3 is 2.30 bits per heavy atom. The lowest BCUT2D eigenvalue weighted by atomic mass is 9.89. The first-order chi connectivity index (χ1) is 21.4. The van der Waals surface area contributed by atoms with E-state index in [1.807, 2.05) is 79.7 Å². The molecule has 0 amide bonds. The standard InChI is InChI=1S/C36H38N4O4/c1-4-7-33-32(22-25-12-14-26(15-13-25)30-8-5-6-9-31(30)34-38-36(42)44-39-34)35(41)40(24(3)37-33)27-16-20-29(21-17-27)43-28-18-10-23(2)11-19-28/h5-6,8-9,12-17,20-21,23,28H,4,7,10-11,18-19,22H2,1-3H3,(H,38,39,42). The Hall–Kier alpha value is -4.72. The van der Waals surface area contributed by atoms with E-state index in [1.165, 1.54) is 12.8 Å². The number of H-pyrrole nitrogens is 1. The van der Waals surface area contributed by atoms with Gasteiger partial charge in [-0.25, -0.2) is 9.78 Å². The van der Waals surface area contributed by atoms with Crippen LogP contribution in [-0.4, -0.2) is 25.8 Å². The third-order valence-electron chi connectivity index (χ3n) is 8.55. The lowest BCUT2D eigenvalue weighted by Gasteiger charge is -2.27. The monoisotopic (exact) mass is 590 g/mol. The third-order valence-corrected chi connectivity index (χ3v) is 8.55. The fraction of sp³-hybridized carbons (Fsp3) is 0.333. The molecule has 0 saturated heterocycles. The lowest BCUT2D eigenvalue weighted by molar-refractivity contribution is 0.135. The summed E-state index contributed by atoms with van der Waals surface area (Å²) in [5.74, 6) is 2.08. The van der Waals surface area contributed by atoms with E-state index in [-0.39, 0.29) is 11.7 Å². The van der Waals surface area contributed by atoms with Crippen molar-refractivity contribution in [2.45, 2.75) is 71.8 Å². The second kappa shape index (κ2) is 12.9. The van der Waals surface area contributed by atoms with E-state index < -0.39 is 5.76 Å². The summed E-state index contributed by atoms with van der Waals surface area (Å²) in [6.45, 7) is 6.30. The summed E-state index contributed by atoms with van der Waals surface area (Å²) in [4.78, 5) is 33.2. The van der Waals surface area contributed by atoms with Crippen LogP contribution in [0.15, 0.2) is 86.9 Å². The quantitative estimate of drug-likeness (QED) is 0.197. The average molecular weight is 591 g/mol. The first-order valence-electron chi connectivity index (χ1n) is 15.5. The van der Waals surface area contributed by atoms with E-state index in [0.717, 1.165) is 71.0 Å². The van der Waals surface area contributed by atoms with E-state index >= 15 is 0 Å². The Labute approximate surface area is 256 Å². The number of nitrogens with zero attached hydrogens (tertiary/aromatic N) is 3. The zero-order valence-electron chi connectivity index (χ0n) is 25.5. The summed E-state index contributed by atoms with van der Waals surface area (Å²) in [5.41, 5.74) is 5.97. The molecule has 226 valence electrons. The molecule has 1 aliphatic rings. The van der Waals surface area contributed by atoms with Crippen LogP contribution >= 0.6 is 0 Å². The number of hydrogen-bond acceptors (Lipinski definition) is 6. The van der Waals surface area contributed by atoms with Gasteiger partial charge in [0.1, 0.15) is 11.6 Å². The number of hydrogen-bond donors (Lipinski definition) is 1. The molecule has 0 spiro atoms. The van der Waals surface area contributed by atoms with Crippen molar-refractivity contribution in [3.05, 3.63) is 116 Å². The first-order valence-corrected chi connectivity index (χ1v) is 15.5. The van der Waals surface area contributed by atoms with Gasteiger partial charge in [-0.1, -0.05) is 74.0 Å². The van der Waals surface area contributed by atoms with Crippen molar-refractivity contribution >= 4 is 0 Å². The smallest absolute Gasteiger partial charge is 0.439 e. The van der Waals surface area contributed by atoms with Gasteiger partial charge in [-0.15, -0.1) is 0 Å². The topological polar surface area (TPSA) is 103 Å². The molecule has 3 aromatic carbocycles. The second-order valence-corrected chi connectivity index (χ2v) is 11.8. The highest BCUT2D eigenvalue weighted by atomic mass is 16.5. The summed E-state index contributed by atoms with van der Waals surface area (Å²) in [5, 5.41) is 3.86. The van der Waals surface area contributed by atoms with Crippen LogP contribution in [0.4, 0.5) is 0 Å². The molecule has 5 aromatic rings. The first kappa shape index (κ1) is 29.4. The van der Waals surface area contributed by atoms with Gasteiger partial charge >= 0.3 is 5.76 Å². The van der Waals surface area contributed by atoms with E-state index in [4.69, 9.17) is 14.2 Å². The van der Waals surface area contributed by atoms with Crippen molar-refractivity contribution in [2.75, 3.05) is 0 Å². The van der Waals surface area contributed by atoms with Crippen molar-refractivity contribution < 1.29 is 9.26 Å². The van der Waals surface area contributed by atoms with Crippen LogP contribution in [0.3, 0.4) is 0 Å². The van der Waals surface area contributed by atoms with Gasteiger partial charge in [-0.05, 0) is 85.9 Å². The Morgan fingerprint density at radius 2 is 1.64 bits per heavy atom. The maximum Gasteiger partial charge on any atom is 0.439 e. The largest absolute Gasteiger partial charge is 0.490 e. The zero-order chi connectivity index (χ0) is 30.6. The van der Waals surface area contributed by atoms with Gasteiger partial charge < -0.3 is 4.74 Å². The molecule has 8 heteroatoms. The third kappa shape index (κ3) is 6.30. The Morgan fingerprint density at radius 1 is 0.932 bits per heavy atom. The van der Waals surface area contributed by atoms with Crippen LogP contribution in [0.5, 0.6) is 5.75 Å². The van der Waals surface area contributed by atoms with Gasteiger partial charge in [0.15, 0.2) is 5.82 Å². The number of ether oxygens (including phenoxy) is 1. The van der Waals surface area contributed by atoms with E-state index in [0.29, 0.717) is 23.6 Å². The highest BCUT2D eigenvalue weighted by Gasteiger charge is 2.20. The van der Waals surface area contributed by atoms with Gasteiger partial charge in [-0.3, -0.25) is 18.9 Å². The van der Waals surface area contributed by atoms with Crippen molar-refractivity contribution in [2.24, 2.45) is 5.92 Å². The Kier molecular flexibility index (Phi) is 8.59. The SMILES string of the molecule is CCCc1nc(C)n(-c2ccc(OC3CCC(C)CC3)cc2)c(=O)c1Cc1ccc(-c2ccccc2-c2noc(=O)[nH]2)cc1. The molecule has 2 aromatic heterocycles. The highest BCUT2D eigenvalue weighted by Crippen LogP contribution is 2.31. The van der Waals surface area contributed by atoms with Crippen LogP contribution < -0.4 is 16.1 Å². The molecule has 0 bridgehead atoms. The fourth-order valence-electron chi connectivity index (χ4n) is 6.15. The molecular formula is C36H38N4O4. The molecule has 8 nitrogen and oxygen atoms in total. The molecule has 0 radical (unpaired) electrons. The van der Waals surface area contributed by atoms with Gasteiger partial charge in [0.25, 0.3) is 5.56 Å². The summed E-state index contributed by atoms with van der Waals surface area (Å²) < 4.78 is 12.7. The molecule has 0 atom stereocenters. The molecule has 1 saturated carbocycles. The number of benzene rings is 3. The molecule has 0 unspecified atom stereocenters. The van der Waals surface area contributed by atoms with Crippen LogP contribution in [-0.2, 0) is 12.8 Å². The number of rotatable bonds is 9. The number of aromatic nitrogens is 4. The maximum atomic E-state index is 14.1. The van der Waals surface area contributed by atoms with Gasteiger partial charge in [-0.2, -0.15) is 0 Å². The predicted octanol–water partition coefficient (Wildman–Crippen LogP) is 7.05. The minimum Gasteiger partial charge on any atom is -0.490 e. The maximum absolute atomic E-state index is 14.1. The predicted molar refractivity (Wildman–Crippen MR) is 171 cm³/mol. The van der Waals surface area contributed by atoms with Crippen molar-refractivity contribution in [3.63, 3.8) is 0 Å². The van der Waals surface area contributed by atoms with Crippen molar-refractivity contribution in [1.29, 1.82) is 0 Å². The van der Waals surface area contributed by atoms with Crippen LogP contribution in [0, 0.1) is 12.8 Å². The molecule has 0 aliphatic heterocycles. The summed E-state index contributed by atoms with van der Waals surface area (Å²) in [6, 6.07) is 23.7.